The van der Waals surface area contributed by atoms with Gasteiger partial charge in [0.1, 0.15) is 11.5 Å². The second-order valence-corrected chi connectivity index (χ2v) is 4.07. The van der Waals surface area contributed by atoms with Crippen LogP contribution in [0, 0.1) is 6.92 Å². The van der Waals surface area contributed by atoms with Crippen LogP contribution in [-0.2, 0) is 6.42 Å². The molecule has 0 fully saturated rings. The van der Waals surface area contributed by atoms with Crippen molar-refractivity contribution in [2.24, 2.45) is 0 Å². The molecule has 0 unspecified atom stereocenters. The van der Waals surface area contributed by atoms with Gasteiger partial charge in [-0.2, -0.15) is 0 Å². The van der Waals surface area contributed by atoms with E-state index in [1.54, 1.807) is 0 Å². The van der Waals surface area contributed by atoms with Crippen molar-refractivity contribution in [1.29, 1.82) is 0 Å². The van der Waals surface area contributed by atoms with Crippen molar-refractivity contribution in [3.63, 3.8) is 0 Å². The van der Waals surface area contributed by atoms with Crippen molar-refractivity contribution < 1.29 is 9.84 Å². The Kier molecular flexibility index (Phi) is 4.37. The lowest BCUT2D eigenvalue weighted by molar-refractivity contribution is 0.302. The molecular formula is C16H17O2. The normalized spacial score (nSPS) is 11.4. The van der Waals surface area contributed by atoms with E-state index < -0.39 is 0 Å². The molecule has 18 heavy (non-hydrogen) atoms. The highest BCUT2D eigenvalue weighted by atomic mass is 16.5. The summed E-state index contributed by atoms with van der Waals surface area (Å²) in [5.74, 6) is 1.98. The molecule has 2 heteroatoms. The fourth-order valence-electron chi connectivity index (χ4n) is 1.82. The van der Waals surface area contributed by atoms with Gasteiger partial charge in [-0.05, 0) is 29.7 Å². The fourth-order valence-corrected chi connectivity index (χ4v) is 1.82. The van der Waals surface area contributed by atoms with Gasteiger partial charge in [-0.25, -0.2) is 0 Å². The first kappa shape index (κ1) is 12.7. The minimum atomic E-state index is 0.208. The van der Waals surface area contributed by atoms with E-state index in [2.05, 4.69) is 31.2 Å². The van der Waals surface area contributed by atoms with Crippen molar-refractivity contribution in [3.05, 3.63) is 66.6 Å². The number of ether oxygens (including phenoxy) is 1. The summed E-state index contributed by atoms with van der Waals surface area (Å²) >= 11 is 0. The molecule has 1 radical (unpaired) electrons. The van der Waals surface area contributed by atoms with Crippen LogP contribution in [0.4, 0.5) is 0 Å². The summed E-state index contributed by atoms with van der Waals surface area (Å²) in [5.41, 5.74) is 2.54. The third-order valence-electron chi connectivity index (χ3n) is 2.70. The third kappa shape index (κ3) is 2.90. The topological polar surface area (TPSA) is 29.5 Å². The number of hydrogen-bond donors (Lipinski definition) is 1. The molecule has 0 spiro atoms. The number of para-hydroxylation sites is 2. The van der Waals surface area contributed by atoms with Gasteiger partial charge >= 0.3 is 0 Å². The Hall–Kier alpha value is -1.80. The molecular weight excluding hydrogens is 224 g/mol. The van der Waals surface area contributed by atoms with Crippen LogP contribution in [-0.4, -0.2) is 11.7 Å². The first-order valence-electron chi connectivity index (χ1n) is 6.09. The zero-order chi connectivity index (χ0) is 12.8. The Morgan fingerprint density at radius 2 is 1.39 bits per heavy atom. The zero-order valence-electron chi connectivity index (χ0n) is 10.3. The maximum absolute atomic E-state index is 7.81. The summed E-state index contributed by atoms with van der Waals surface area (Å²) in [6, 6.07) is 16.4. The van der Waals surface area contributed by atoms with Gasteiger partial charge in [0.05, 0.1) is 0 Å². The summed E-state index contributed by atoms with van der Waals surface area (Å²) < 4.78 is 5.78. The van der Waals surface area contributed by atoms with Crippen molar-refractivity contribution in [1.82, 2.24) is 0 Å². The second-order valence-electron chi connectivity index (χ2n) is 4.07. The number of aliphatic hydroxyl groups excluding tert-OH is 1. The molecule has 93 valence electrons. The number of fused-ring (bicyclic) bond motifs is 2. The largest absolute Gasteiger partial charge is 0.457 e. The molecule has 1 aliphatic heterocycles. The highest BCUT2D eigenvalue weighted by Gasteiger charge is 2.14. The monoisotopic (exact) mass is 241 g/mol. The SMILES string of the molecule is [CH2]CCO.c1ccc2c(c1)Cc1ccccc1O2. The van der Waals surface area contributed by atoms with Crippen LogP contribution < -0.4 is 4.74 Å². The predicted molar refractivity (Wildman–Crippen MR) is 72.8 cm³/mol. The van der Waals surface area contributed by atoms with Gasteiger partial charge in [-0.3, -0.25) is 0 Å². The molecule has 1 aliphatic rings. The first-order valence-corrected chi connectivity index (χ1v) is 6.09. The maximum Gasteiger partial charge on any atom is 0.130 e. The summed E-state index contributed by atoms with van der Waals surface area (Å²) in [5, 5.41) is 7.81. The van der Waals surface area contributed by atoms with E-state index >= 15 is 0 Å². The lowest BCUT2D eigenvalue weighted by Gasteiger charge is -2.19. The number of aliphatic hydroxyl groups is 1. The van der Waals surface area contributed by atoms with Crippen LogP contribution in [0.1, 0.15) is 17.5 Å². The molecule has 2 nitrogen and oxygen atoms in total. The van der Waals surface area contributed by atoms with Crippen molar-refractivity contribution >= 4 is 0 Å². The Balaban J connectivity index is 0.000000267. The van der Waals surface area contributed by atoms with E-state index in [4.69, 9.17) is 9.84 Å². The molecule has 1 N–H and O–H groups in total. The second kappa shape index (κ2) is 6.22. The molecule has 0 saturated heterocycles. The van der Waals surface area contributed by atoms with Crippen LogP contribution in [0.3, 0.4) is 0 Å². The first-order chi connectivity index (χ1) is 8.85. The van der Waals surface area contributed by atoms with Gasteiger partial charge in [0.15, 0.2) is 0 Å². The number of hydrogen-bond acceptors (Lipinski definition) is 2. The van der Waals surface area contributed by atoms with E-state index in [0.29, 0.717) is 6.42 Å². The lowest BCUT2D eigenvalue weighted by atomic mass is 10.0. The Morgan fingerprint density at radius 1 is 0.944 bits per heavy atom. The highest BCUT2D eigenvalue weighted by Crippen LogP contribution is 2.35. The van der Waals surface area contributed by atoms with Gasteiger partial charge < -0.3 is 9.84 Å². The van der Waals surface area contributed by atoms with Crippen LogP contribution in [0.15, 0.2) is 48.5 Å². The molecule has 1 heterocycles. The lowest BCUT2D eigenvalue weighted by Crippen LogP contribution is -2.01. The quantitative estimate of drug-likeness (QED) is 0.705. The van der Waals surface area contributed by atoms with Crippen molar-refractivity contribution in [2.75, 3.05) is 6.61 Å². The third-order valence-corrected chi connectivity index (χ3v) is 2.70. The molecule has 0 amide bonds. The van der Waals surface area contributed by atoms with E-state index in [-0.39, 0.29) is 6.61 Å². The van der Waals surface area contributed by atoms with E-state index in [9.17, 15) is 0 Å². The molecule has 0 aromatic heterocycles. The zero-order valence-corrected chi connectivity index (χ0v) is 10.3. The summed E-state index contributed by atoms with van der Waals surface area (Å²) in [7, 11) is 0. The minimum absolute atomic E-state index is 0.208. The summed E-state index contributed by atoms with van der Waals surface area (Å²) in [6.07, 6.45) is 1.60. The number of benzene rings is 2. The van der Waals surface area contributed by atoms with Gasteiger partial charge in [0, 0.05) is 13.0 Å². The van der Waals surface area contributed by atoms with E-state index in [0.717, 1.165) is 17.9 Å². The average Bonchev–Trinajstić information content (AvgIpc) is 2.45. The maximum atomic E-state index is 7.81. The molecule has 0 saturated carbocycles. The predicted octanol–water partition coefficient (Wildman–Crippen LogP) is 3.59. The summed E-state index contributed by atoms with van der Waals surface area (Å²) in [4.78, 5) is 0. The standard InChI is InChI=1S/C13H10O.C3H7O/c1-3-7-12-10(5-1)9-11-6-2-4-8-13(11)14-12;1-2-3-4/h1-8H,9H2;4H,1-3H2. The Morgan fingerprint density at radius 3 is 1.83 bits per heavy atom. The van der Waals surface area contributed by atoms with Crippen LogP contribution in [0.25, 0.3) is 0 Å². The summed E-state index contributed by atoms with van der Waals surface area (Å²) in [6.45, 7) is 3.56. The van der Waals surface area contributed by atoms with Crippen LogP contribution in [0.5, 0.6) is 11.5 Å². The molecule has 0 atom stereocenters. The van der Waals surface area contributed by atoms with Crippen LogP contribution in [0.2, 0.25) is 0 Å². The van der Waals surface area contributed by atoms with Gasteiger partial charge in [-0.15, -0.1) is 0 Å². The van der Waals surface area contributed by atoms with Gasteiger partial charge in [-0.1, -0.05) is 43.3 Å². The van der Waals surface area contributed by atoms with E-state index in [1.807, 2.05) is 24.3 Å². The highest BCUT2D eigenvalue weighted by molar-refractivity contribution is 5.49. The van der Waals surface area contributed by atoms with E-state index in [1.165, 1.54) is 11.1 Å². The smallest absolute Gasteiger partial charge is 0.130 e. The van der Waals surface area contributed by atoms with Gasteiger partial charge in [0.25, 0.3) is 0 Å². The van der Waals surface area contributed by atoms with Crippen molar-refractivity contribution in [2.45, 2.75) is 12.8 Å². The number of rotatable bonds is 1. The molecule has 2 aromatic rings. The Labute approximate surface area is 108 Å². The molecule has 2 aromatic carbocycles. The van der Waals surface area contributed by atoms with Gasteiger partial charge in [0.2, 0.25) is 0 Å². The minimum Gasteiger partial charge on any atom is -0.457 e. The molecule has 3 rings (SSSR count). The fraction of sp³-hybridized carbons (Fsp3) is 0.188. The van der Waals surface area contributed by atoms with Crippen molar-refractivity contribution in [3.8, 4) is 11.5 Å². The van der Waals surface area contributed by atoms with Crippen LogP contribution >= 0.6 is 0 Å². The molecule has 0 bridgehead atoms. The average molecular weight is 241 g/mol. The molecule has 0 aliphatic carbocycles. The Bertz CT molecular complexity index is 416.